The Morgan fingerprint density at radius 3 is 2.35 bits per heavy atom. The van der Waals surface area contributed by atoms with Crippen LogP contribution in [0.15, 0.2) is 36.7 Å². The molecule has 1 aromatic carbocycles. The molecule has 0 aliphatic heterocycles. The van der Waals surface area contributed by atoms with Gasteiger partial charge in [0, 0.05) is 17.8 Å². The maximum absolute atomic E-state index is 12.8. The third-order valence-corrected chi connectivity index (χ3v) is 3.88. The molecule has 0 amide bonds. The Labute approximate surface area is 138 Å². The first-order valence-electron chi connectivity index (χ1n) is 6.25. The zero-order valence-corrected chi connectivity index (χ0v) is 12.7. The van der Waals surface area contributed by atoms with Crippen LogP contribution in [0.2, 0.25) is 10.0 Å². The fraction of sp³-hybridized carbons (Fsp3) is 0.0667. The number of hydrogen-bond acceptors (Lipinski definition) is 2. The monoisotopic (exact) mass is 355 g/mol. The number of halogens is 5. The van der Waals surface area contributed by atoms with Crippen LogP contribution in [0, 0.1) is 11.3 Å². The SMILES string of the molecule is N#Cc1nccc2c1ccn2-c1c(Cl)cc(C(F)(F)F)cc1Cl. The number of benzene rings is 1. The van der Waals surface area contributed by atoms with E-state index in [0.29, 0.717) is 10.9 Å². The van der Waals surface area contributed by atoms with Crippen molar-refractivity contribution >= 4 is 34.1 Å². The van der Waals surface area contributed by atoms with E-state index >= 15 is 0 Å². The summed E-state index contributed by atoms with van der Waals surface area (Å²) in [7, 11) is 0. The average Bonchev–Trinajstić information content (AvgIpc) is 2.89. The van der Waals surface area contributed by atoms with Crippen molar-refractivity contribution in [1.82, 2.24) is 9.55 Å². The molecule has 0 fully saturated rings. The van der Waals surface area contributed by atoms with E-state index in [2.05, 4.69) is 4.98 Å². The Kier molecular flexibility index (Phi) is 3.71. The first kappa shape index (κ1) is 15.7. The highest BCUT2D eigenvalue weighted by Gasteiger charge is 2.32. The number of fused-ring (bicyclic) bond motifs is 1. The molecule has 2 heterocycles. The van der Waals surface area contributed by atoms with Gasteiger partial charge in [0.25, 0.3) is 0 Å². The summed E-state index contributed by atoms with van der Waals surface area (Å²) in [6.45, 7) is 0. The van der Waals surface area contributed by atoms with Gasteiger partial charge in [0.1, 0.15) is 11.8 Å². The molecule has 0 unspecified atom stereocenters. The topological polar surface area (TPSA) is 41.6 Å². The van der Waals surface area contributed by atoms with Gasteiger partial charge in [-0.05, 0) is 24.3 Å². The molecule has 0 bridgehead atoms. The van der Waals surface area contributed by atoms with Crippen molar-refractivity contribution in [2.24, 2.45) is 0 Å². The Morgan fingerprint density at radius 1 is 1.13 bits per heavy atom. The van der Waals surface area contributed by atoms with Gasteiger partial charge in [0.05, 0.1) is 26.8 Å². The van der Waals surface area contributed by atoms with E-state index in [0.717, 1.165) is 12.1 Å². The second-order valence-corrected chi connectivity index (χ2v) is 5.49. The Bertz CT molecular complexity index is 932. The number of pyridine rings is 1. The standard InChI is InChI=1S/C15H6Cl2F3N3/c16-10-5-8(15(18,19)20)6-11(17)14(10)23-4-2-9-12(7-21)22-3-1-13(9)23/h1-6H. The number of rotatable bonds is 1. The average molecular weight is 356 g/mol. The number of nitrogens with zero attached hydrogens (tertiary/aromatic N) is 3. The molecular formula is C15H6Cl2F3N3. The van der Waals surface area contributed by atoms with Gasteiger partial charge in [-0.1, -0.05) is 23.2 Å². The molecule has 23 heavy (non-hydrogen) atoms. The van der Waals surface area contributed by atoms with Crippen molar-refractivity contribution < 1.29 is 13.2 Å². The van der Waals surface area contributed by atoms with Crippen LogP contribution in [0.1, 0.15) is 11.3 Å². The molecule has 0 aliphatic carbocycles. The molecule has 0 radical (unpaired) electrons. The van der Waals surface area contributed by atoms with Crippen molar-refractivity contribution in [2.45, 2.75) is 6.18 Å². The molecule has 0 atom stereocenters. The van der Waals surface area contributed by atoms with Crippen molar-refractivity contribution in [3.63, 3.8) is 0 Å². The van der Waals surface area contributed by atoms with E-state index in [1.807, 2.05) is 6.07 Å². The summed E-state index contributed by atoms with van der Waals surface area (Å²) in [6, 6.07) is 6.85. The van der Waals surface area contributed by atoms with Crippen LogP contribution in [-0.4, -0.2) is 9.55 Å². The van der Waals surface area contributed by atoms with Crippen LogP contribution in [-0.2, 0) is 6.18 Å². The zero-order chi connectivity index (χ0) is 16.8. The number of nitriles is 1. The molecule has 3 rings (SSSR count). The summed E-state index contributed by atoms with van der Waals surface area (Å²) in [5, 5.41) is 9.33. The first-order chi connectivity index (χ1) is 10.8. The maximum atomic E-state index is 12.8. The molecule has 0 spiro atoms. The van der Waals surface area contributed by atoms with E-state index in [4.69, 9.17) is 28.5 Å². The van der Waals surface area contributed by atoms with Crippen LogP contribution in [0.4, 0.5) is 13.2 Å². The zero-order valence-electron chi connectivity index (χ0n) is 11.2. The van der Waals surface area contributed by atoms with Crippen LogP contribution in [0.25, 0.3) is 16.6 Å². The molecule has 3 nitrogen and oxygen atoms in total. The summed E-state index contributed by atoms with van der Waals surface area (Å²) in [5.41, 5.74) is 0.0685. The van der Waals surface area contributed by atoms with Gasteiger partial charge in [-0.15, -0.1) is 0 Å². The minimum atomic E-state index is -4.54. The lowest BCUT2D eigenvalue weighted by atomic mass is 10.2. The minimum Gasteiger partial charge on any atom is -0.314 e. The van der Waals surface area contributed by atoms with E-state index < -0.39 is 11.7 Å². The lowest BCUT2D eigenvalue weighted by Crippen LogP contribution is -2.06. The van der Waals surface area contributed by atoms with Gasteiger partial charge in [-0.2, -0.15) is 18.4 Å². The van der Waals surface area contributed by atoms with E-state index in [1.54, 1.807) is 18.3 Å². The van der Waals surface area contributed by atoms with E-state index in [-0.39, 0.29) is 21.4 Å². The Balaban J connectivity index is 2.27. The summed E-state index contributed by atoms with van der Waals surface area (Å²) in [5.74, 6) is 0. The van der Waals surface area contributed by atoms with Gasteiger partial charge in [-0.25, -0.2) is 4.98 Å². The molecular weight excluding hydrogens is 350 g/mol. The van der Waals surface area contributed by atoms with Crippen molar-refractivity contribution in [3.05, 3.63) is 58.0 Å². The van der Waals surface area contributed by atoms with E-state index in [9.17, 15) is 13.2 Å². The largest absolute Gasteiger partial charge is 0.416 e. The molecule has 0 N–H and O–H groups in total. The second-order valence-electron chi connectivity index (χ2n) is 4.68. The molecule has 0 aliphatic rings. The predicted molar refractivity (Wildman–Crippen MR) is 80.8 cm³/mol. The van der Waals surface area contributed by atoms with Gasteiger partial charge < -0.3 is 4.57 Å². The Morgan fingerprint density at radius 2 is 1.78 bits per heavy atom. The fourth-order valence-corrected chi connectivity index (χ4v) is 2.98. The van der Waals surface area contributed by atoms with Crippen molar-refractivity contribution in [1.29, 1.82) is 5.26 Å². The number of aromatic nitrogens is 2. The first-order valence-corrected chi connectivity index (χ1v) is 7.01. The molecule has 3 aromatic rings. The van der Waals surface area contributed by atoms with E-state index in [1.165, 1.54) is 10.8 Å². The summed E-state index contributed by atoms with van der Waals surface area (Å²) in [4.78, 5) is 3.93. The van der Waals surface area contributed by atoms with Crippen LogP contribution in [0.5, 0.6) is 0 Å². The number of hydrogen-bond donors (Lipinski definition) is 0. The van der Waals surface area contributed by atoms with Gasteiger partial charge >= 0.3 is 6.18 Å². The molecule has 116 valence electrons. The highest BCUT2D eigenvalue weighted by molar-refractivity contribution is 6.38. The maximum Gasteiger partial charge on any atom is 0.416 e. The van der Waals surface area contributed by atoms with Crippen LogP contribution < -0.4 is 0 Å². The van der Waals surface area contributed by atoms with Crippen LogP contribution >= 0.6 is 23.2 Å². The molecule has 8 heteroatoms. The van der Waals surface area contributed by atoms with Gasteiger partial charge in [0.2, 0.25) is 0 Å². The molecule has 0 saturated heterocycles. The third-order valence-electron chi connectivity index (χ3n) is 3.31. The van der Waals surface area contributed by atoms with Crippen LogP contribution in [0.3, 0.4) is 0 Å². The highest BCUT2D eigenvalue weighted by Crippen LogP contribution is 2.38. The normalized spacial score (nSPS) is 11.7. The van der Waals surface area contributed by atoms with Crippen molar-refractivity contribution in [3.8, 4) is 11.8 Å². The fourth-order valence-electron chi connectivity index (χ4n) is 2.31. The summed E-state index contributed by atoms with van der Waals surface area (Å²) in [6.07, 6.45) is -1.53. The van der Waals surface area contributed by atoms with Crippen molar-refractivity contribution in [2.75, 3.05) is 0 Å². The summed E-state index contributed by atoms with van der Waals surface area (Å²) < 4.78 is 39.9. The third kappa shape index (κ3) is 2.62. The molecule has 2 aromatic heterocycles. The van der Waals surface area contributed by atoms with Gasteiger partial charge in [0.15, 0.2) is 0 Å². The smallest absolute Gasteiger partial charge is 0.314 e. The quantitative estimate of drug-likeness (QED) is 0.600. The predicted octanol–water partition coefficient (Wildman–Crippen LogP) is 5.22. The number of alkyl halides is 3. The second kappa shape index (κ2) is 5.44. The lowest BCUT2D eigenvalue weighted by molar-refractivity contribution is -0.137. The lowest BCUT2D eigenvalue weighted by Gasteiger charge is -2.14. The Hall–Kier alpha value is -2.23. The highest BCUT2D eigenvalue weighted by atomic mass is 35.5. The van der Waals surface area contributed by atoms with Gasteiger partial charge in [-0.3, -0.25) is 0 Å². The molecule has 0 saturated carbocycles. The minimum absolute atomic E-state index is 0.141. The summed E-state index contributed by atoms with van der Waals surface area (Å²) >= 11 is 12.0.